The Labute approximate surface area is 209 Å². The number of anilines is 1. The van der Waals surface area contributed by atoms with Crippen LogP contribution in [-0.2, 0) is 9.28 Å². The monoisotopic (exact) mass is 580 g/mol. The molecule has 1 fully saturated rings. The number of nitrogens with one attached hydrogen (secondary N) is 2. The number of halogens is 2. The molecular weight excluding hydrogens is 554 g/mol. The second-order valence-electron chi connectivity index (χ2n) is 9.24. The van der Waals surface area contributed by atoms with Crippen LogP contribution in [0, 0.1) is 6.92 Å². The number of aryl methyl sites for hydroxylation is 1. The number of pyridine rings is 1. The molecule has 5 rings (SSSR count). The molecule has 34 heavy (non-hydrogen) atoms. The van der Waals surface area contributed by atoms with Crippen molar-refractivity contribution in [3.63, 3.8) is 0 Å². The minimum Gasteiger partial charge on any atom is -0.488 e. The average molecular weight is 580 g/mol. The van der Waals surface area contributed by atoms with Gasteiger partial charge in [0.05, 0.1) is 23.1 Å². The number of aliphatic hydroxyl groups is 2. The Hall–Kier alpha value is -2.31. The smallest absolute Gasteiger partial charge is 0.255 e. The largest absolute Gasteiger partial charge is 0.488 e. The van der Waals surface area contributed by atoms with Gasteiger partial charge in [0.15, 0.2) is 0 Å². The van der Waals surface area contributed by atoms with E-state index >= 15 is 0 Å². The van der Waals surface area contributed by atoms with Crippen molar-refractivity contribution in [2.75, 3.05) is 11.9 Å². The molecule has 0 radical (unpaired) electrons. The molecule has 1 aromatic carbocycles. The molecule has 1 saturated carbocycles. The van der Waals surface area contributed by atoms with Gasteiger partial charge in [-0.15, -0.1) is 0 Å². The SMILES string of the molecule is Cc1nc(N[C@H](C)c2cccc3c2OCC3(F)I)c2cc([C@]3(O)CC[C@H](O)CC3)c(=O)[nH]c2n1. The molecule has 0 bridgehead atoms. The van der Waals surface area contributed by atoms with Gasteiger partial charge < -0.3 is 25.3 Å². The molecule has 2 aliphatic rings. The zero-order valence-corrected chi connectivity index (χ0v) is 21.0. The van der Waals surface area contributed by atoms with Crippen molar-refractivity contribution in [3.05, 3.63) is 57.1 Å². The molecule has 10 heteroatoms. The van der Waals surface area contributed by atoms with Crippen molar-refractivity contribution in [2.24, 2.45) is 0 Å². The predicted molar refractivity (Wildman–Crippen MR) is 134 cm³/mol. The number of alkyl halides is 2. The Morgan fingerprint density at radius 2 is 2.03 bits per heavy atom. The van der Waals surface area contributed by atoms with Crippen LogP contribution < -0.4 is 15.6 Å². The first kappa shape index (κ1) is 23.4. The summed E-state index contributed by atoms with van der Waals surface area (Å²) in [4.78, 5) is 24.6. The molecule has 4 N–H and O–H groups in total. The van der Waals surface area contributed by atoms with Gasteiger partial charge in [-0.2, -0.15) is 0 Å². The van der Waals surface area contributed by atoms with E-state index in [1.807, 2.05) is 13.0 Å². The summed E-state index contributed by atoms with van der Waals surface area (Å²) in [7, 11) is 0. The Morgan fingerprint density at radius 3 is 2.76 bits per heavy atom. The van der Waals surface area contributed by atoms with Crippen LogP contribution >= 0.6 is 22.6 Å². The van der Waals surface area contributed by atoms with Crippen LogP contribution in [0.4, 0.5) is 10.2 Å². The fourth-order valence-corrected chi connectivity index (χ4v) is 5.45. The van der Waals surface area contributed by atoms with Crippen LogP contribution in [0.25, 0.3) is 11.0 Å². The molecule has 3 aromatic rings. The van der Waals surface area contributed by atoms with Crippen molar-refractivity contribution in [3.8, 4) is 5.75 Å². The van der Waals surface area contributed by atoms with Crippen molar-refractivity contribution in [2.45, 2.75) is 61.0 Å². The van der Waals surface area contributed by atoms with Crippen LogP contribution in [-0.4, -0.2) is 37.9 Å². The van der Waals surface area contributed by atoms with Crippen LogP contribution in [0.2, 0.25) is 0 Å². The van der Waals surface area contributed by atoms with Gasteiger partial charge >= 0.3 is 0 Å². The van der Waals surface area contributed by atoms with Crippen molar-refractivity contribution >= 4 is 39.4 Å². The van der Waals surface area contributed by atoms with Gasteiger partial charge in [-0.1, -0.05) is 18.2 Å². The highest BCUT2D eigenvalue weighted by Gasteiger charge is 2.40. The summed E-state index contributed by atoms with van der Waals surface area (Å²) >= 11 is 1.76. The molecule has 0 amide bonds. The van der Waals surface area contributed by atoms with Gasteiger partial charge in [0.2, 0.25) is 3.68 Å². The fraction of sp³-hybridized carbons (Fsp3) is 0.458. The third-order valence-corrected chi connectivity index (χ3v) is 7.66. The maximum Gasteiger partial charge on any atom is 0.255 e. The lowest BCUT2D eigenvalue weighted by Gasteiger charge is -2.34. The molecule has 180 valence electrons. The lowest BCUT2D eigenvalue weighted by atomic mass is 9.79. The number of ether oxygens (including phenoxy) is 1. The quantitative estimate of drug-likeness (QED) is 0.273. The van der Waals surface area contributed by atoms with Crippen molar-refractivity contribution < 1.29 is 19.3 Å². The van der Waals surface area contributed by atoms with Gasteiger partial charge in [0.25, 0.3) is 5.56 Å². The summed E-state index contributed by atoms with van der Waals surface area (Å²) in [6.45, 7) is 3.62. The summed E-state index contributed by atoms with van der Waals surface area (Å²) in [6.07, 6.45) is 0.968. The first-order chi connectivity index (χ1) is 16.1. The van der Waals surface area contributed by atoms with Gasteiger partial charge in [-0.3, -0.25) is 4.79 Å². The van der Waals surface area contributed by atoms with Gasteiger partial charge in [0.1, 0.15) is 29.6 Å². The molecule has 1 aliphatic carbocycles. The van der Waals surface area contributed by atoms with Crippen molar-refractivity contribution in [1.82, 2.24) is 15.0 Å². The fourth-order valence-electron chi connectivity index (χ4n) is 4.87. The zero-order valence-electron chi connectivity index (χ0n) is 18.9. The van der Waals surface area contributed by atoms with Crippen LogP contribution in [0.5, 0.6) is 5.75 Å². The normalized spacial score (nSPS) is 27.3. The minimum absolute atomic E-state index is 0.0416. The first-order valence-corrected chi connectivity index (χ1v) is 12.4. The van der Waals surface area contributed by atoms with E-state index in [9.17, 15) is 19.4 Å². The number of fused-ring (bicyclic) bond motifs is 2. The summed E-state index contributed by atoms with van der Waals surface area (Å²) in [5.41, 5.74) is 0.178. The number of H-pyrrole nitrogens is 1. The summed E-state index contributed by atoms with van der Waals surface area (Å²) in [5.74, 6) is 1.48. The predicted octanol–water partition coefficient (Wildman–Crippen LogP) is 3.87. The van der Waals surface area contributed by atoms with Crippen molar-refractivity contribution in [1.29, 1.82) is 0 Å². The third kappa shape index (κ3) is 4.05. The van der Waals surface area contributed by atoms with Gasteiger partial charge in [-0.05, 0) is 68.2 Å². The first-order valence-electron chi connectivity index (χ1n) is 11.3. The summed E-state index contributed by atoms with van der Waals surface area (Å²) in [6, 6.07) is 6.77. The number of nitrogens with zero attached hydrogens (tertiary/aromatic N) is 2. The minimum atomic E-state index is -1.57. The highest BCUT2D eigenvalue weighted by Crippen LogP contribution is 2.48. The zero-order chi connectivity index (χ0) is 24.3. The van der Waals surface area contributed by atoms with E-state index in [2.05, 4.69) is 20.3 Å². The Morgan fingerprint density at radius 1 is 1.29 bits per heavy atom. The molecule has 2 aromatic heterocycles. The van der Waals surface area contributed by atoms with Crippen LogP contribution in [0.3, 0.4) is 0 Å². The standard InChI is InChI=1S/C24H26FIN4O4/c1-12(15-4-3-5-17-19(15)34-11-24(17,25)26)27-20-16-10-18(23(33)8-6-14(31)7-9-23)22(32)30-21(16)29-13(2)28-20/h3-5,10,12,14,31,33H,6-9,11H2,1-2H3,(H2,27,28,29,30,32)/t12-,14-,23-,24?/m1/s1. The number of benzene rings is 1. The lowest BCUT2D eigenvalue weighted by Crippen LogP contribution is -2.38. The van der Waals surface area contributed by atoms with E-state index in [4.69, 9.17) is 4.74 Å². The van der Waals surface area contributed by atoms with E-state index < -0.39 is 20.9 Å². The maximum absolute atomic E-state index is 14.8. The maximum atomic E-state index is 14.8. The molecule has 2 atom stereocenters. The van der Waals surface area contributed by atoms with E-state index in [0.29, 0.717) is 59.7 Å². The second kappa shape index (κ2) is 8.42. The number of aromatic nitrogens is 3. The molecule has 1 aliphatic heterocycles. The molecule has 0 saturated heterocycles. The molecule has 8 nitrogen and oxygen atoms in total. The summed E-state index contributed by atoms with van der Waals surface area (Å²) < 4.78 is 18.9. The van der Waals surface area contributed by atoms with Gasteiger partial charge in [0, 0.05) is 16.7 Å². The summed E-state index contributed by atoms with van der Waals surface area (Å²) in [5, 5.41) is 25.0. The van der Waals surface area contributed by atoms with Crippen LogP contribution in [0.15, 0.2) is 29.1 Å². The molecular formula is C24H26FIN4O4. The third-order valence-electron chi connectivity index (χ3n) is 6.76. The number of aliphatic hydroxyl groups excluding tert-OH is 1. The molecule has 3 heterocycles. The van der Waals surface area contributed by atoms with Crippen LogP contribution in [0.1, 0.15) is 61.2 Å². The highest BCUT2D eigenvalue weighted by atomic mass is 127. The Balaban J connectivity index is 1.55. The number of para-hydroxylation sites is 1. The Kier molecular flexibility index (Phi) is 5.80. The number of hydrogen-bond acceptors (Lipinski definition) is 7. The second-order valence-corrected chi connectivity index (χ2v) is 10.9. The topological polar surface area (TPSA) is 120 Å². The number of aromatic amines is 1. The van der Waals surface area contributed by atoms with E-state index in [1.165, 1.54) is 0 Å². The highest BCUT2D eigenvalue weighted by molar-refractivity contribution is 14.1. The molecule has 1 unspecified atom stereocenters. The Bertz CT molecular complexity index is 1320. The molecule has 0 spiro atoms. The number of hydrogen-bond donors (Lipinski definition) is 4. The number of rotatable bonds is 4. The average Bonchev–Trinajstić information content (AvgIpc) is 3.10. The lowest BCUT2D eigenvalue weighted by molar-refractivity contribution is -0.0369. The van der Waals surface area contributed by atoms with Gasteiger partial charge in [-0.25, -0.2) is 14.4 Å². The van der Waals surface area contributed by atoms with E-state index in [0.717, 1.165) is 5.56 Å². The van der Waals surface area contributed by atoms with E-state index in [-0.39, 0.29) is 18.2 Å². The van der Waals surface area contributed by atoms with E-state index in [1.54, 1.807) is 47.7 Å².